The van der Waals surface area contributed by atoms with Gasteiger partial charge in [-0.25, -0.2) is 0 Å². The summed E-state index contributed by atoms with van der Waals surface area (Å²) in [6, 6.07) is 7.65. The Kier molecular flexibility index (Phi) is 4.22. The smallest absolute Gasteiger partial charge is 0.226 e. The Bertz CT molecular complexity index is 546. The molecule has 0 saturated carbocycles. The molecular weight excluding hydrogens is 262 g/mol. The van der Waals surface area contributed by atoms with Crippen LogP contribution in [-0.4, -0.2) is 15.7 Å². The minimum absolute atomic E-state index is 0.221. The van der Waals surface area contributed by atoms with Gasteiger partial charge in [0, 0.05) is 23.4 Å². The van der Waals surface area contributed by atoms with E-state index in [-0.39, 0.29) is 5.54 Å². The summed E-state index contributed by atoms with van der Waals surface area (Å²) in [7, 11) is 0. The average Bonchev–Trinajstić information content (AvgIpc) is 2.73. The molecule has 5 heteroatoms. The fourth-order valence-corrected chi connectivity index (χ4v) is 1.93. The predicted octanol–water partition coefficient (Wildman–Crippen LogP) is 2.98. The molecule has 0 aliphatic carbocycles. The molecule has 0 unspecified atom stereocenters. The molecule has 0 radical (unpaired) electrons. The van der Waals surface area contributed by atoms with Gasteiger partial charge in [0.2, 0.25) is 5.89 Å². The molecule has 2 N–H and O–H groups in total. The highest BCUT2D eigenvalue weighted by Gasteiger charge is 2.14. The molecule has 2 rings (SSSR count). The molecule has 0 fully saturated rings. The lowest BCUT2D eigenvalue weighted by atomic mass is 10.0. The van der Waals surface area contributed by atoms with Gasteiger partial charge in [-0.05, 0) is 38.0 Å². The summed E-state index contributed by atoms with van der Waals surface area (Å²) in [4.78, 5) is 4.36. The van der Waals surface area contributed by atoms with E-state index < -0.39 is 0 Å². The molecular formula is C14H18ClN3O. The fraction of sp³-hybridized carbons (Fsp3) is 0.429. The largest absolute Gasteiger partial charge is 0.339 e. The van der Waals surface area contributed by atoms with Crippen molar-refractivity contribution in [1.82, 2.24) is 10.1 Å². The fourth-order valence-electron chi connectivity index (χ4n) is 1.72. The van der Waals surface area contributed by atoms with E-state index in [1.807, 2.05) is 38.1 Å². The second kappa shape index (κ2) is 5.72. The van der Waals surface area contributed by atoms with Crippen LogP contribution in [0.3, 0.4) is 0 Å². The summed E-state index contributed by atoms with van der Waals surface area (Å²) >= 11 is 5.94. The number of rotatable bonds is 5. The van der Waals surface area contributed by atoms with Crippen molar-refractivity contribution < 1.29 is 4.52 Å². The van der Waals surface area contributed by atoms with Crippen LogP contribution in [-0.2, 0) is 12.8 Å². The molecule has 0 atom stereocenters. The first-order valence-electron chi connectivity index (χ1n) is 6.27. The van der Waals surface area contributed by atoms with E-state index >= 15 is 0 Å². The zero-order valence-corrected chi connectivity index (χ0v) is 11.9. The molecule has 0 spiro atoms. The van der Waals surface area contributed by atoms with Crippen molar-refractivity contribution in [2.24, 2.45) is 5.73 Å². The van der Waals surface area contributed by atoms with Crippen LogP contribution in [0.25, 0.3) is 0 Å². The number of hydrogen-bond donors (Lipinski definition) is 1. The van der Waals surface area contributed by atoms with E-state index in [9.17, 15) is 0 Å². The highest BCUT2D eigenvalue weighted by molar-refractivity contribution is 6.30. The topological polar surface area (TPSA) is 64.9 Å². The van der Waals surface area contributed by atoms with Gasteiger partial charge in [-0.1, -0.05) is 28.9 Å². The molecule has 0 aliphatic heterocycles. The van der Waals surface area contributed by atoms with Gasteiger partial charge >= 0.3 is 0 Å². The first kappa shape index (κ1) is 14.0. The number of nitrogens with two attached hydrogens (primary N) is 1. The van der Waals surface area contributed by atoms with Crippen LogP contribution in [0, 0.1) is 0 Å². The molecule has 0 amide bonds. The van der Waals surface area contributed by atoms with Crippen LogP contribution in [0.1, 0.15) is 37.5 Å². The molecule has 1 aromatic heterocycles. The standard InChI is InChI=1S/C14H18ClN3O/c1-14(2,16)7-6-13-17-12(18-19-13)9-10-4-3-5-11(15)8-10/h3-5,8H,6-7,9,16H2,1-2H3. The van der Waals surface area contributed by atoms with Crippen molar-refractivity contribution in [2.75, 3.05) is 0 Å². The Morgan fingerprint density at radius 2 is 2.16 bits per heavy atom. The van der Waals surface area contributed by atoms with E-state index in [2.05, 4.69) is 10.1 Å². The number of nitrogens with zero attached hydrogens (tertiary/aromatic N) is 2. The number of aromatic nitrogens is 2. The predicted molar refractivity (Wildman–Crippen MR) is 75.1 cm³/mol. The SMILES string of the molecule is CC(C)(N)CCc1nc(Cc2cccc(Cl)c2)no1. The van der Waals surface area contributed by atoms with Gasteiger partial charge in [-0.3, -0.25) is 0 Å². The normalized spacial score (nSPS) is 11.8. The monoisotopic (exact) mass is 279 g/mol. The molecule has 1 heterocycles. The zero-order valence-electron chi connectivity index (χ0n) is 11.2. The van der Waals surface area contributed by atoms with E-state index in [1.165, 1.54) is 0 Å². The van der Waals surface area contributed by atoms with E-state index in [4.69, 9.17) is 21.9 Å². The minimum atomic E-state index is -0.221. The second-order valence-electron chi connectivity index (χ2n) is 5.40. The van der Waals surface area contributed by atoms with Crippen LogP contribution in [0.5, 0.6) is 0 Å². The average molecular weight is 280 g/mol. The van der Waals surface area contributed by atoms with Gasteiger partial charge in [-0.2, -0.15) is 4.98 Å². The number of benzene rings is 1. The van der Waals surface area contributed by atoms with Gasteiger partial charge in [-0.15, -0.1) is 0 Å². The van der Waals surface area contributed by atoms with Crippen LogP contribution >= 0.6 is 11.6 Å². The van der Waals surface area contributed by atoms with Crippen molar-refractivity contribution in [2.45, 2.75) is 38.6 Å². The first-order chi connectivity index (χ1) is 8.92. The van der Waals surface area contributed by atoms with Gasteiger partial charge in [0.15, 0.2) is 5.82 Å². The van der Waals surface area contributed by atoms with Crippen molar-refractivity contribution >= 4 is 11.6 Å². The highest BCUT2D eigenvalue weighted by atomic mass is 35.5. The third kappa shape index (κ3) is 4.65. The summed E-state index contributed by atoms with van der Waals surface area (Å²) in [5.41, 5.74) is 6.77. The first-order valence-corrected chi connectivity index (χ1v) is 6.65. The molecule has 102 valence electrons. The highest BCUT2D eigenvalue weighted by Crippen LogP contribution is 2.14. The minimum Gasteiger partial charge on any atom is -0.339 e. The number of hydrogen-bond acceptors (Lipinski definition) is 4. The molecule has 0 aliphatic rings. The van der Waals surface area contributed by atoms with Crippen molar-refractivity contribution in [3.63, 3.8) is 0 Å². The summed E-state index contributed by atoms with van der Waals surface area (Å²) in [5, 5.41) is 4.69. The molecule has 19 heavy (non-hydrogen) atoms. The molecule has 2 aromatic rings. The van der Waals surface area contributed by atoms with Crippen LogP contribution < -0.4 is 5.73 Å². The Morgan fingerprint density at radius 1 is 1.37 bits per heavy atom. The van der Waals surface area contributed by atoms with E-state index in [0.29, 0.717) is 29.6 Å². The quantitative estimate of drug-likeness (QED) is 0.914. The maximum Gasteiger partial charge on any atom is 0.226 e. The summed E-state index contributed by atoms with van der Waals surface area (Å²) in [6.07, 6.45) is 2.13. The second-order valence-corrected chi connectivity index (χ2v) is 5.84. The lowest BCUT2D eigenvalue weighted by Crippen LogP contribution is -2.32. The lowest BCUT2D eigenvalue weighted by Gasteiger charge is -2.16. The summed E-state index contributed by atoms with van der Waals surface area (Å²) in [6.45, 7) is 3.96. The maximum absolute atomic E-state index is 5.94. The zero-order chi connectivity index (χ0) is 13.9. The third-order valence-electron chi connectivity index (χ3n) is 2.74. The van der Waals surface area contributed by atoms with Crippen molar-refractivity contribution in [1.29, 1.82) is 0 Å². The number of halogens is 1. The van der Waals surface area contributed by atoms with Crippen molar-refractivity contribution in [3.8, 4) is 0 Å². The van der Waals surface area contributed by atoms with E-state index in [1.54, 1.807) is 0 Å². The van der Waals surface area contributed by atoms with Crippen LogP contribution in [0.4, 0.5) is 0 Å². The van der Waals surface area contributed by atoms with Gasteiger partial charge in [0.05, 0.1) is 0 Å². The van der Waals surface area contributed by atoms with Crippen LogP contribution in [0.15, 0.2) is 28.8 Å². The van der Waals surface area contributed by atoms with Gasteiger partial charge < -0.3 is 10.3 Å². The Balaban J connectivity index is 1.97. The number of aryl methyl sites for hydroxylation is 1. The third-order valence-corrected chi connectivity index (χ3v) is 2.98. The molecule has 1 aromatic carbocycles. The molecule has 4 nitrogen and oxygen atoms in total. The van der Waals surface area contributed by atoms with E-state index in [0.717, 1.165) is 12.0 Å². The summed E-state index contributed by atoms with van der Waals surface area (Å²) < 4.78 is 5.21. The Hall–Kier alpha value is -1.39. The Labute approximate surface area is 118 Å². The summed E-state index contributed by atoms with van der Waals surface area (Å²) in [5.74, 6) is 1.31. The Morgan fingerprint density at radius 3 is 2.84 bits per heavy atom. The van der Waals surface area contributed by atoms with Crippen LogP contribution in [0.2, 0.25) is 5.02 Å². The molecule has 0 bridgehead atoms. The maximum atomic E-state index is 5.94. The molecule has 0 saturated heterocycles. The van der Waals surface area contributed by atoms with Gasteiger partial charge in [0.25, 0.3) is 0 Å². The van der Waals surface area contributed by atoms with Crippen molar-refractivity contribution in [3.05, 3.63) is 46.6 Å². The van der Waals surface area contributed by atoms with Gasteiger partial charge in [0.1, 0.15) is 0 Å². The lowest BCUT2D eigenvalue weighted by molar-refractivity contribution is 0.355.